The molecule has 0 amide bonds. The Morgan fingerprint density at radius 2 is 1.43 bits per heavy atom. The topological polar surface area (TPSA) is 74.6 Å². The predicted molar refractivity (Wildman–Crippen MR) is 49.1 cm³/mol. The van der Waals surface area contributed by atoms with E-state index in [2.05, 4.69) is 0 Å². The molecule has 0 saturated carbocycles. The van der Waals surface area contributed by atoms with Gasteiger partial charge in [0, 0.05) is 24.2 Å². The molecule has 6 heteroatoms. The van der Waals surface area contributed by atoms with Crippen molar-refractivity contribution in [3.8, 4) is 0 Å². The summed E-state index contributed by atoms with van der Waals surface area (Å²) in [5.41, 5.74) is 0.956. The second-order valence-electron chi connectivity index (χ2n) is 2.29. The summed E-state index contributed by atoms with van der Waals surface area (Å²) in [6, 6.07) is 5.99. The molecular weight excluding hydrogens is 248 g/mol. The Morgan fingerprint density at radius 3 is 1.71 bits per heavy atom. The summed E-state index contributed by atoms with van der Waals surface area (Å²) in [4.78, 5) is -0.0666. The van der Waals surface area contributed by atoms with Crippen LogP contribution in [-0.4, -0.2) is 25.2 Å². The molecule has 0 bridgehead atoms. The van der Waals surface area contributed by atoms with Crippen LogP contribution in [0.5, 0.6) is 0 Å². The third-order valence-electron chi connectivity index (χ3n) is 1.32. The summed E-state index contributed by atoms with van der Waals surface area (Å²) in [6.45, 7) is 1.84. The Balaban J connectivity index is 0. The Kier molecular flexibility index (Phi) is 8.00. The van der Waals surface area contributed by atoms with Gasteiger partial charge in [0.15, 0.2) is 0 Å². The zero-order chi connectivity index (χ0) is 10.5. The Hall–Kier alpha value is -0.391. The van der Waals surface area contributed by atoms with Crippen molar-refractivity contribution in [1.29, 1.82) is 0 Å². The molecule has 1 aromatic rings. The van der Waals surface area contributed by atoms with Crippen molar-refractivity contribution in [2.45, 2.75) is 11.8 Å². The summed E-state index contributed by atoms with van der Waals surface area (Å²) in [5, 5.41) is 7.00. The fourth-order valence-corrected chi connectivity index (χ4v) is 1.19. The van der Waals surface area contributed by atoms with Crippen LogP contribution in [0.4, 0.5) is 0 Å². The minimum atomic E-state index is -4.02. The summed E-state index contributed by atoms with van der Waals surface area (Å²) in [7, 11) is -3.02. The largest absolute Gasteiger partial charge is 0.400 e. The van der Waals surface area contributed by atoms with E-state index in [9.17, 15) is 8.42 Å². The van der Waals surface area contributed by atoms with Crippen LogP contribution in [0.1, 0.15) is 5.56 Å². The summed E-state index contributed by atoms with van der Waals surface area (Å²) in [6.07, 6.45) is 0. The normalized spacial score (nSPS) is 9.43. The maximum absolute atomic E-state index is 10.5. The van der Waals surface area contributed by atoms with E-state index >= 15 is 0 Å². The first-order valence-corrected chi connectivity index (χ1v) is 4.93. The second kappa shape index (κ2) is 6.98. The van der Waals surface area contributed by atoms with Gasteiger partial charge in [0.1, 0.15) is 0 Å². The van der Waals surface area contributed by atoms with E-state index < -0.39 is 10.1 Å². The Labute approximate surface area is 94.2 Å². The first-order valence-electron chi connectivity index (χ1n) is 3.49. The molecule has 0 aliphatic rings. The fourth-order valence-electron chi connectivity index (χ4n) is 0.710. The number of benzene rings is 1. The number of aliphatic hydroxyl groups is 1. The smallest absolute Gasteiger partial charge is 0.294 e. The van der Waals surface area contributed by atoms with Crippen LogP contribution in [0.2, 0.25) is 0 Å². The van der Waals surface area contributed by atoms with Gasteiger partial charge in [-0.25, -0.2) is 0 Å². The zero-order valence-electron chi connectivity index (χ0n) is 7.78. The number of aryl methyl sites for hydroxylation is 1. The minimum Gasteiger partial charge on any atom is -0.400 e. The molecule has 4 nitrogen and oxygen atoms in total. The zero-order valence-corrected chi connectivity index (χ0v) is 9.70. The second-order valence-corrected chi connectivity index (χ2v) is 3.71. The fraction of sp³-hybridized carbons (Fsp3) is 0.250. The maximum atomic E-state index is 10.5. The number of rotatable bonds is 1. The van der Waals surface area contributed by atoms with Crippen LogP contribution in [-0.2, 0) is 27.2 Å². The molecule has 1 rings (SSSR count). The van der Waals surface area contributed by atoms with Crippen molar-refractivity contribution in [3.05, 3.63) is 29.8 Å². The van der Waals surface area contributed by atoms with Gasteiger partial charge < -0.3 is 5.11 Å². The molecule has 0 radical (unpaired) electrons. The van der Waals surface area contributed by atoms with E-state index in [1.807, 2.05) is 6.92 Å². The molecule has 14 heavy (non-hydrogen) atoms. The van der Waals surface area contributed by atoms with E-state index in [0.717, 1.165) is 12.7 Å². The molecule has 82 valence electrons. The molecule has 0 aromatic heterocycles. The monoisotopic (exact) mass is 260 g/mol. The van der Waals surface area contributed by atoms with E-state index in [1.165, 1.54) is 12.1 Å². The average molecular weight is 260 g/mol. The van der Waals surface area contributed by atoms with Gasteiger partial charge in [-0.2, -0.15) is 8.42 Å². The third kappa shape index (κ3) is 5.36. The van der Waals surface area contributed by atoms with E-state index in [1.54, 1.807) is 12.1 Å². The Morgan fingerprint density at radius 1 is 1.07 bits per heavy atom. The van der Waals surface area contributed by atoms with E-state index in [-0.39, 0.29) is 22.0 Å². The maximum Gasteiger partial charge on any atom is 0.294 e. The molecular formula is C8H12FeO4S. The average Bonchev–Trinajstić information content (AvgIpc) is 2.07. The minimum absolute atomic E-state index is 0. The SMILES string of the molecule is CO.Cc1ccc(S(=O)(=O)O)cc1.[Fe]. The molecule has 0 unspecified atom stereocenters. The van der Waals surface area contributed by atoms with Crippen LogP contribution in [0, 0.1) is 6.92 Å². The summed E-state index contributed by atoms with van der Waals surface area (Å²) < 4.78 is 29.6. The van der Waals surface area contributed by atoms with Gasteiger partial charge in [0.05, 0.1) is 4.90 Å². The van der Waals surface area contributed by atoms with Crippen LogP contribution in [0.3, 0.4) is 0 Å². The third-order valence-corrected chi connectivity index (χ3v) is 2.19. The first-order chi connectivity index (χ1) is 6.00. The standard InChI is InChI=1S/C7H8O3S.CH4O.Fe/c1-6-2-4-7(5-3-6)11(8,9)10;1-2;/h2-5H,1H3,(H,8,9,10);2H,1H3;. The van der Waals surface area contributed by atoms with Crippen LogP contribution < -0.4 is 0 Å². The van der Waals surface area contributed by atoms with Gasteiger partial charge in [0.25, 0.3) is 10.1 Å². The first kappa shape index (κ1) is 16.1. The molecule has 0 saturated heterocycles. The number of hydrogen-bond acceptors (Lipinski definition) is 3. The van der Waals surface area contributed by atoms with E-state index in [4.69, 9.17) is 9.66 Å². The van der Waals surface area contributed by atoms with Gasteiger partial charge in [-0.3, -0.25) is 4.55 Å². The molecule has 0 atom stereocenters. The van der Waals surface area contributed by atoms with Gasteiger partial charge in [-0.1, -0.05) is 17.7 Å². The molecule has 0 heterocycles. The number of hydrogen-bond donors (Lipinski definition) is 2. The summed E-state index contributed by atoms with van der Waals surface area (Å²) >= 11 is 0. The number of aliphatic hydroxyl groups excluding tert-OH is 1. The van der Waals surface area contributed by atoms with Gasteiger partial charge in [-0.15, -0.1) is 0 Å². The molecule has 0 fully saturated rings. The van der Waals surface area contributed by atoms with Crippen molar-refractivity contribution in [1.82, 2.24) is 0 Å². The summed E-state index contributed by atoms with van der Waals surface area (Å²) in [5.74, 6) is 0. The van der Waals surface area contributed by atoms with Crippen molar-refractivity contribution >= 4 is 10.1 Å². The van der Waals surface area contributed by atoms with Gasteiger partial charge in [0.2, 0.25) is 0 Å². The van der Waals surface area contributed by atoms with Crippen molar-refractivity contribution in [2.24, 2.45) is 0 Å². The molecule has 0 spiro atoms. The molecule has 0 aliphatic heterocycles. The quantitative estimate of drug-likeness (QED) is 0.579. The Bertz CT molecular complexity index is 344. The van der Waals surface area contributed by atoms with Gasteiger partial charge >= 0.3 is 0 Å². The van der Waals surface area contributed by atoms with Crippen molar-refractivity contribution in [3.63, 3.8) is 0 Å². The van der Waals surface area contributed by atoms with E-state index in [0.29, 0.717) is 0 Å². The molecule has 0 aliphatic carbocycles. The molecule has 1 aromatic carbocycles. The van der Waals surface area contributed by atoms with Crippen LogP contribution in [0.15, 0.2) is 29.2 Å². The predicted octanol–water partition coefficient (Wildman–Crippen LogP) is 0.848. The van der Waals surface area contributed by atoms with Crippen LogP contribution >= 0.6 is 0 Å². The molecule has 2 N–H and O–H groups in total. The van der Waals surface area contributed by atoms with Crippen molar-refractivity contribution in [2.75, 3.05) is 7.11 Å². The van der Waals surface area contributed by atoms with Crippen molar-refractivity contribution < 1.29 is 35.1 Å². The van der Waals surface area contributed by atoms with Crippen LogP contribution in [0.25, 0.3) is 0 Å². The van der Waals surface area contributed by atoms with Gasteiger partial charge in [-0.05, 0) is 19.1 Å².